The Morgan fingerprint density at radius 2 is 2.17 bits per heavy atom. The van der Waals surface area contributed by atoms with Gasteiger partial charge in [0.05, 0.1) is 17.4 Å². The van der Waals surface area contributed by atoms with Crippen molar-refractivity contribution in [1.82, 2.24) is 4.90 Å². The molecule has 0 bridgehead atoms. The van der Waals surface area contributed by atoms with E-state index in [4.69, 9.17) is 5.73 Å². The van der Waals surface area contributed by atoms with Gasteiger partial charge in [-0.05, 0) is 32.4 Å². The quantitative estimate of drug-likeness (QED) is 0.773. The number of nitrogens with zero attached hydrogens (tertiary/aromatic N) is 1. The number of nitrogens with two attached hydrogens (primary N) is 1. The van der Waals surface area contributed by atoms with Gasteiger partial charge in [0.25, 0.3) is 0 Å². The first kappa shape index (κ1) is 14.9. The van der Waals surface area contributed by atoms with E-state index in [1.165, 1.54) is 0 Å². The molecule has 0 saturated heterocycles. The molecule has 0 aromatic heterocycles. The normalized spacial score (nSPS) is 12.4. The fourth-order valence-corrected chi connectivity index (χ4v) is 1.95. The minimum atomic E-state index is -0.170. The number of carbonyl (C=O) groups excluding carboxylic acids is 1. The summed E-state index contributed by atoms with van der Waals surface area (Å²) >= 11 is 1.77. The highest BCUT2D eigenvalue weighted by Crippen LogP contribution is 2.17. The van der Waals surface area contributed by atoms with Crippen molar-refractivity contribution in [3.63, 3.8) is 0 Å². The second kappa shape index (κ2) is 7.28. The number of nitrogen functional groups attached to an aromatic ring is 1. The summed E-state index contributed by atoms with van der Waals surface area (Å²) in [7, 11) is 1.95. The molecule has 100 valence electrons. The first-order chi connectivity index (χ1) is 8.56. The van der Waals surface area contributed by atoms with Crippen molar-refractivity contribution in [3.05, 3.63) is 24.3 Å². The van der Waals surface area contributed by atoms with Crippen molar-refractivity contribution in [2.45, 2.75) is 13.0 Å². The smallest absolute Gasteiger partial charge is 0.241 e. The van der Waals surface area contributed by atoms with Crippen molar-refractivity contribution >= 4 is 29.0 Å². The van der Waals surface area contributed by atoms with Crippen molar-refractivity contribution in [2.24, 2.45) is 0 Å². The van der Waals surface area contributed by atoms with Crippen LogP contribution in [0.15, 0.2) is 24.3 Å². The lowest BCUT2D eigenvalue weighted by atomic mass is 10.2. The molecule has 4 nitrogen and oxygen atoms in total. The maximum Gasteiger partial charge on any atom is 0.241 e. The summed E-state index contributed by atoms with van der Waals surface area (Å²) in [5, 5.41) is 2.85. The molecule has 1 amide bonds. The Kier molecular flexibility index (Phi) is 6.01. The number of hydrogen-bond acceptors (Lipinski definition) is 4. The van der Waals surface area contributed by atoms with Crippen LogP contribution in [0.5, 0.6) is 0 Å². The molecule has 18 heavy (non-hydrogen) atoms. The number of likely N-dealkylation sites (N-methyl/N-ethyl adjacent to an activating group) is 1. The summed E-state index contributed by atoms with van der Waals surface area (Å²) in [5.41, 5.74) is 7.06. The van der Waals surface area contributed by atoms with Crippen LogP contribution in [-0.4, -0.2) is 42.4 Å². The van der Waals surface area contributed by atoms with Gasteiger partial charge in [-0.2, -0.15) is 11.8 Å². The fourth-order valence-electron chi connectivity index (χ4n) is 1.48. The van der Waals surface area contributed by atoms with Gasteiger partial charge in [-0.3, -0.25) is 9.69 Å². The standard InChI is InChI=1S/C13H21N3OS/c1-10(16(2)8-9-18-3)13(17)15-12-7-5-4-6-11(12)14/h4-7,10H,8-9,14H2,1-3H3,(H,15,17). The molecule has 1 unspecified atom stereocenters. The van der Waals surface area contributed by atoms with Crippen LogP contribution >= 0.6 is 11.8 Å². The van der Waals surface area contributed by atoms with Crippen molar-refractivity contribution in [1.29, 1.82) is 0 Å². The van der Waals surface area contributed by atoms with Gasteiger partial charge in [0, 0.05) is 12.3 Å². The van der Waals surface area contributed by atoms with Crippen LogP contribution in [0.1, 0.15) is 6.92 Å². The van der Waals surface area contributed by atoms with Gasteiger partial charge < -0.3 is 11.1 Å². The lowest BCUT2D eigenvalue weighted by molar-refractivity contribution is -0.120. The average molecular weight is 267 g/mol. The summed E-state index contributed by atoms with van der Waals surface area (Å²) in [4.78, 5) is 14.1. The van der Waals surface area contributed by atoms with Crippen LogP contribution in [0.2, 0.25) is 0 Å². The second-order valence-corrected chi connectivity index (χ2v) is 5.21. The number of rotatable bonds is 6. The van der Waals surface area contributed by atoms with E-state index in [1.807, 2.05) is 37.1 Å². The summed E-state index contributed by atoms with van der Waals surface area (Å²) in [6.07, 6.45) is 2.06. The predicted octanol–water partition coefficient (Wildman–Crippen LogP) is 1.89. The molecule has 0 spiro atoms. The average Bonchev–Trinajstić information content (AvgIpc) is 2.37. The van der Waals surface area contributed by atoms with Crippen LogP contribution in [0.25, 0.3) is 0 Å². The highest BCUT2D eigenvalue weighted by molar-refractivity contribution is 7.98. The van der Waals surface area contributed by atoms with Crippen molar-refractivity contribution in [3.8, 4) is 0 Å². The summed E-state index contributed by atoms with van der Waals surface area (Å²) < 4.78 is 0. The zero-order chi connectivity index (χ0) is 13.5. The highest BCUT2D eigenvalue weighted by atomic mass is 32.2. The van der Waals surface area contributed by atoms with E-state index >= 15 is 0 Å². The number of anilines is 2. The third-order valence-corrected chi connectivity index (χ3v) is 3.50. The largest absolute Gasteiger partial charge is 0.397 e. The summed E-state index contributed by atoms with van der Waals surface area (Å²) in [5.74, 6) is 0.984. The number of benzene rings is 1. The Labute approximate surface area is 113 Å². The molecule has 0 radical (unpaired) electrons. The van der Waals surface area contributed by atoms with Gasteiger partial charge in [0.2, 0.25) is 5.91 Å². The summed E-state index contributed by atoms with van der Waals surface area (Å²) in [6.45, 7) is 2.79. The molecule has 0 fully saturated rings. The third kappa shape index (κ3) is 4.23. The molecule has 1 aromatic carbocycles. The predicted molar refractivity (Wildman–Crippen MR) is 80.0 cm³/mol. The Morgan fingerprint density at radius 1 is 1.50 bits per heavy atom. The van der Waals surface area contributed by atoms with Crippen LogP contribution < -0.4 is 11.1 Å². The minimum Gasteiger partial charge on any atom is -0.397 e. The Hall–Kier alpha value is -1.20. The number of hydrogen-bond donors (Lipinski definition) is 2. The van der Waals surface area contributed by atoms with Crippen molar-refractivity contribution in [2.75, 3.05) is 36.7 Å². The SMILES string of the molecule is CSCCN(C)C(C)C(=O)Nc1ccccc1N. The highest BCUT2D eigenvalue weighted by Gasteiger charge is 2.18. The lowest BCUT2D eigenvalue weighted by Gasteiger charge is -2.23. The monoisotopic (exact) mass is 267 g/mol. The van der Waals surface area contributed by atoms with Gasteiger partial charge >= 0.3 is 0 Å². The van der Waals surface area contributed by atoms with Crippen LogP contribution in [0, 0.1) is 0 Å². The van der Waals surface area contributed by atoms with E-state index in [9.17, 15) is 4.79 Å². The molecule has 1 aromatic rings. The number of amides is 1. The molecule has 0 aliphatic heterocycles. The molecule has 0 heterocycles. The van der Waals surface area contributed by atoms with Crippen LogP contribution in [0.3, 0.4) is 0 Å². The van der Waals surface area contributed by atoms with E-state index in [1.54, 1.807) is 17.8 Å². The molecule has 3 N–H and O–H groups in total. The molecule has 1 atom stereocenters. The van der Waals surface area contributed by atoms with Gasteiger partial charge in [-0.15, -0.1) is 0 Å². The summed E-state index contributed by atoms with van der Waals surface area (Å²) in [6, 6.07) is 7.11. The zero-order valence-corrected chi connectivity index (χ0v) is 12.0. The fraction of sp³-hybridized carbons (Fsp3) is 0.462. The number of nitrogens with one attached hydrogen (secondary N) is 1. The Morgan fingerprint density at radius 3 is 2.78 bits per heavy atom. The van der Waals surface area contributed by atoms with E-state index in [-0.39, 0.29) is 11.9 Å². The lowest BCUT2D eigenvalue weighted by Crippen LogP contribution is -2.40. The zero-order valence-electron chi connectivity index (χ0n) is 11.1. The second-order valence-electron chi connectivity index (χ2n) is 4.23. The molecule has 1 rings (SSSR count). The molecular weight excluding hydrogens is 246 g/mol. The minimum absolute atomic E-state index is 0.0310. The van der Waals surface area contributed by atoms with Crippen molar-refractivity contribution < 1.29 is 4.79 Å². The molecular formula is C13H21N3OS. The molecule has 0 aliphatic carbocycles. The Balaban J connectivity index is 2.57. The van der Waals surface area contributed by atoms with Crippen LogP contribution in [-0.2, 0) is 4.79 Å². The number of carbonyl (C=O) groups is 1. The van der Waals surface area contributed by atoms with E-state index in [2.05, 4.69) is 11.6 Å². The number of thioether (sulfide) groups is 1. The van der Waals surface area contributed by atoms with E-state index in [0.717, 1.165) is 12.3 Å². The molecule has 0 aliphatic rings. The van der Waals surface area contributed by atoms with E-state index in [0.29, 0.717) is 11.4 Å². The van der Waals surface area contributed by atoms with Gasteiger partial charge in [-0.1, -0.05) is 12.1 Å². The first-order valence-electron chi connectivity index (χ1n) is 5.90. The first-order valence-corrected chi connectivity index (χ1v) is 7.30. The maximum absolute atomic E-state index is 12.1. The molecule has 0 saturated carbocycles. The van der Waals surface area contributed by atoms with Gasteiger partial charge in [0.1, 0.15) is 0 Å². The van der Waals surface area contributed by atoms with E-state index < -0.39 is 0 Å². The molecule has 5 heteroatoms. The Bertz CT molecular complexity index is 398. The third-order valence-electron chi connectivity index (χ3n) is 2.91. The topological polar surface area (TPSA) is 58.4 Å². The van der Waals surface area contributed by atoms with Gasteiger partial charge in [0.15, 0.2) is 0 Å². The number of para-hydroxylation sites is 2. The van der Waals surface area contributed by atoms with Crippen LogP contribution in [0.4, 0.5) is 11.4 Å². The maximum atomic E-state index is 12.1. The van der Waals surface area contributed by atoms with Gasteiger partial charge in [-0.25, -0.2) is 0 Å².